The van der Waals surface area contributed by atoms with Crippen LogP contribution < -0.4 is 10.8 Å². The number of hydrogen-bond acceptors (Lipinski definition) is 4. The minimum Gasteiger partial charge on any atom is -0.380 e. The zero-order valence-corrected chi connectivity index (χ0v) is 14.6. The van der Waals surface area contributed by atoms with Gasteiger partial charge >= 0.3 is 0 Å². The van der Waals surface area contributed by atoms with Crippen molar-refractivity contribution in [3.8, 4) is 0 Å². The highest BCUT2D eigenvalue weighted by Crippen LogP contribution is 2.29. The van der Waals surface area contributed by atoms with Gasteiger partial charge in [-0.1, -0.05) is 28.9 Å². The topological polar surface area (TPSA) is 77.5 Å². The second-order valence-electron chi connectivity index (χ2n) is 5.67. The predicted octanol–water partition coefficient (Wildman–Crippen LogP) is 3.46. The highest BCUT2D eigenvalue weighted by molar-refractivity contribution is 9.11. The van der Waals surface area contributed by atoms with Gasteiger partial charge in [0.1, 0.15) is 11.3 Å². The molecule has 1 aromatic carbocycles. The quantitative estimate of drug-likeness (QED) is 0.558. The van der Waals surface area contributed by atoms with Gasteiger partial charge in [-0.2, -0.15) is 5.10 Å². The lowest BCUT2D eigenvalue weighted by Crippen LogP contribution is -2.32. The molecule has 3 rings (SSSR count). The van der Waals surface area contributed by atoms with Gasteiger partial charge in [-0.3, -0.25) is 10.8 Å². The molecule has 1 aromatic heterocycles. The number of aromatic nitrogens is 2. The summed E-state index contributed by atoms with van der Waals surface area (Å²) < 4.78 is 2.50. The van der Waals surface area contributed by atoms with Gasteiger partial charge in [-0.05, 0) is 48.4 Å². The van der Waals surface area contributed by atoms with Crippen molar-refractivity contribution in [2.75, 3.05) is 11.9 Å². The van der Waals surface area contributed by atoms with Crippen molar-refractivity contribution < 1.29 is 0 Å². The summed E-state index contributed by atoms with van der Waals surface area (Å²) >= 11 is 3.52. The Morgan fingerprint density at radius 1 is 1.35 bits per heavy atom. The summed E-state index contributed by atoms with van der Waals surface area (Å²) in [6.07, 6.45) is 2.10. The Morgan fingerprint density at radius 2 is 2.13 bits per heavy atom. The smallest absolute Gasteiger partial charge is 0.148 e. The molecule has 0 radical (unpaired) electrons. The lowest BCUT2D eigenvalue weighted by molar-refractivity contribution is 0.751. The monoisotopic (exact) mass is 371 g/mol. The number of benzene rings is 1. The minimum absolute atomic E-state index is 0.155. The van der Waals surface area contributed by atoms with Crippen molar-refractivity contribution in [2.24, 2.45) is 0 Å². The molecule has 1 unspecified atom stereocenters. The first-order valence-corrected chi connectivity index (χ1v) is 8.19. The van der Waals surface area contributed by atoms with E-state index in [9.17, 15) is 0 Å². The Kier molecular flexibility index (Phi) is 4.17. The Hall–Kier alpha value is -2.21. The van der Waals surface area contributed by atoms with Gasteiger partial charge in [0.2, 0.25) is 0 Å². The molecule has 3 N–H and O–H groups in total. The maximum Gasteiger partial charge on any atom is 0.148 e. The predicted molar refractivity (Wildman–Crippen MR) is 96.2 cm³/mol. The molecule has 2 heterocycles. The third-order valence-electron chi connectivity index (χ3n) is 3.94. The fourth-order valence-corrected chi connectivity index (χ4v) is 2.96. The molecule has 6 heteroatoms. The number of aryl methyl sites for hydroxylation is 1. The van der Waals surface area contributed by atoms with E-state index in [1.165, 1.54) is 4.68 Å². The molecule has 118 valence electrons. The molecule has 5 nitrogen and oxygen atoms in total. The van der Waals surface area contributed by atoms with Crippen molar-refractivity contribution in [3.05, 3.63) is 57.1 Å². The Labute approximate surface area is 143 Å². The van der Waals surface area contributed by atoms with Crippen molar-refractivity contribution >= 4 is 33.5 Å². The van der Waals surface area contributed by atoms with E-state index in [2.05, 4.69) is 38.5 Å². The maximum atomic E-state index is 8.43. The van der Waals surface area contributed by atoms with E-state index < -0.39 is 0 Å². The van der Waals surface area contributed by atoms with Crippen LogP contribution in [0, 0.1) is 17.7 Å². The molecule has 2 aromatic rings. The SMILES string of the molecule is Cc1ccc(=N)n(C(=N)C(C)c2ccc3c(c2)C=C(Br)CN3)n1. The van der Waals surface area contributed by atoms with Crippen molar-refractivity contribution in [3.63, 3.8) is 0 Å². The molecule has 1 aliphatic rings. The molecule has 0 amide bonds. The molecular weight excluding hydrogens is 354 g/mol. The largest absolute Gasteiger partial charge is 0.380 e. The van der Waals surface area contributed by atoms with Crippen molar-refractivity contribution in [2.45, 2.75) is 19.8 Å². The number of nitrogens with one attached hydrogen (secondary N) is 3. The van der Waals surface area contributed by atoms with Crippen LogP contribution in [0.2, 0.25) is 0 Å². The highest BCUT2D eigenvalue weighted by atomic mass is 79.9. The van der Waals surface area contributed by atoms with E-state index in [1.54, 1.807) is 12.1 Å². The van der Waals surface area contributed by atoms with Crippen LogP contribution in [0.3, 0.4) is 0 Å². The van der Waals surface area contributed by atoms with Gasteiger partial charge in [0, 0.05) is 22.6 Å². The second-order valence-corrected chi connectivity index (χ2v) is 6.69. The zero-order chi connectivity index (χ0) is 16.6. The van der Waals surface area contributed by atoms with Crippen LogP contribution in [0.5, 0.6) is 0 Å². The Balaban J connectivity index is 1.96. The summed E-state index contributed by atoms with van der Waals surface area (Å²) in [7, 11) is 0. The van der Waals surface area contributed by atoms with E-state index in [1.807, 2.05) is 26.0 Å². The number of fused-ring (bicyclic) bond motifs is 1. The average Bonchev–Trinajstić information content (AvgIpc) is 2.55. The van der Waals surface area contributed by atoms with Crippen molar-refractivity contribution in [1.29, 1.82) is 10.8 Å². The number of nitrogens with zero attached hydrogens (tertiary/aromatic N) is 2. The van der Waals surface area contributed by atoms with E-state index in [0.29, 0.717) is 5.84 Å². The Morgan fingerprint density at radius 3 is 2.91 bits per heavy atom. The van der Waals surface area contributed by atoms with Crippen LogP contribution in [-0.4, -0.2) is 22.2 Å². The molecule has 0 fully saturated rings. The molecule has 0 aliphatic carbocycles. The molecule has 0 saturated carbocycles. The van der Waals surface area contributed by atoms with E-state index in [-0.39, 0.29) is 11.4 Å². The minimum atomic E-state index is -0.155. The van der Waals surface area contributed by atoms with Gasteiger partial charge in [-0.25, -0.2) is 4.68 Å². The van der Waals surface area contributed by atoms with E-state index >= 15 is 0 Å². The molecule has 1 atom stereocenters. The van der Waals surface area contributed by atoms with Gasteiger partial charge < -0.3 is 5.32 Å². The summed E-state index contributed by atoms with van der Waals surface area (Å²) in [6, 6.07) is 9.60. The highest BCUT2D eigenvalue weighted by Gasteiger charge is 2.17. The number of halogens is 1. The summed E-state index contributed by atoms with van der Waals surface area (Å²) in [5.74, 6) is 0.142. The van der Waals surface area contributed by atoms with Crippen LogP contribution in [0.15, 0.2) is 34.8 Å². The first-order valence-electron chi connectivity index (χ1n) is 7.40. The van der Waals surface area contributed by atoms with E-state index in [0.717, 1.165) is 33.5 Å². The zero-order valence-electron chi connectivity index (χ0n) is 13.0. The average molecular weight is 372 g/mol. The first-order chi connectivity index (χ1) is 11.0. The second kappa shape index (κ2) is 6.12. The number of rotatable bonds is 2. The molecule has 23 heavy (non-hydrogen) atoms. The fourth-order valence-electron chi connectivity index (χ4n) is 2.57. The molecule has 0 spiro atoms. The standard InChI is InChI=1S/C17H18BrN5/c1-10-3-6-16(19)23(22-10)17(20)11(2)12-4-5-15-13(7-12)8-14(18)9-21-15/h3-8,11,19-21H,9H2,1-2H3. The Bertz CT molecular complexity index is 866. The summed E-state index contributed by atoms with van der Waals surface area (Å²) in [6.45, 7) is 4.62. The third-order valence-corrected chi connectivity index (χ3v) is 4.45. The molecule has 0 bridgehead atoms. The molecule has 0 saturated heterocycles. The van der Waals surface area contributed by atoms with Crippen LogP contribution in [-0.2, 0) is 0 Å². The third kappa shape index (κ3) is 3.12. The van der Waals surface area contributed by atoms with Crippen LogP contribution in [0.1, 0.15) is 29.7 Å². The van der Waals surface area contributed by atoms with Gasteiger partial charge in [-0.15, -0.1) is 0 Å². The normalized spacial score (nSPS) is 14.5. The summed E-state index contributed by atoms with van der Waals surface area (Å²) in [5, 5.41) is 24.0. The van der Waals surface area contributed by atoms with Crippen LogP contribution in [0.25, 0.3) is 6.08 Å². The van der Waals surface area contributed by atoms with Gasteiger partial charge in [0.15, 0.2) is 0 Å². The van der Waals surface area contributed by atoms with Gasteiger partial charge in [0.25, 0.3) is 0 Å². The van der Waals surface area contributed by atoms with Gasteiger partial charge in [0.05, 0.1) is 5.69 Å². The fraction of sp³-hybridized carbons (Fsp3) is 0.235. The lowest BCUT2D eigenvalue weighted by Gasteiger charge is -2.20. The summed E-state index contributed by atoms with van der Waals surface area (Å²) in [4.78, 5) is 0. The van der Waals surface area contributed by atoms with Crippen molar-refractivity contribution in [1.82, 2.24) is 9.78 Å². The lowest BCUT2D eigenvalue weighted by atomic mass is 9.96. The van der Waals surface area contributed by atoms with Crippen LogP contribution in [0.4, 0.5) is 5.69 Å². The van der Waals surface area contributed by atoms with Crippen LogP contribution >= 0.6 is 15.9 Å². The number of anilines is 1. The first kappa shape index (κ1) is 15.7. The summed E-state index contributed by atoms with van der Waals surface area (Å²) in [5.41, 5.74) is 4.24. The number of hydrogen-bond donors (Lipinski definition) is 3. The molecule has 1 aliphatic heterocycles. The maximum absolute atomic E-state index is 8.43. The van der Waals surface area contributed by atoms with E-state index in [4.69, 9.17) is 10.8 Å². The molecular formula is C17H18BrN5.